The summed E-state index contributed by atoms with van der Waals surface area (Å²) in [7, 11) is 0. The van der Waals surface area contributed by atoms with Gasteiger partial charge >= 0.3 is 0 Å². The quantitative estimate of drug-likeness (QED) is 0.553. The highest BCUT2D eigenvalue weighted by molar-refractivity contribution is 9.11. The molecule has 3 aromatic rings. The summed E-state index contributed by atoms with van der Waals surface area (Å²) in [5.74, 6) is 0.133. The largest absolute Gasteiger partial charge is 0.337 e. The highest BCUT2D eigenvalue weighted by Gasteiger charge is 2.24. The van der Waals surface area contributed by atoms with E-state index in [1.54, 1.807) is 11.3 Å². The van der Waals surface area contributed by atoms with Gasteiger partial charge in [-0.25, -0.2) is 0 Å². The van der Waals surface area contributed by atoms with Crippen LogP contribution >= 0.6 is 38.9 Å². The van der Waals surface area contributed by atoms with Crippen molar-refractivity contribution in [3.63, 3.8) is 0 Å². The van der Waals surface area contributed by atoms with Crippen molar-refractivity contribution in [3.05, 3.63) is 56.5 Å². The van der Waals surface area contributed by atoms with Crippen LogP contribution in [-0.4, -0.2) is 28.5 Å². The van der Waals surface area contributed by atoms with Gasteiger partial charge in [-0.3, -0.25) is 4.79 Å². The zero-order valence-corrected chi connectivity index (χ0v) is 16.1. The molecule has 0 spiro atoms. The predicted molar refractivity (Wildman–Crippen MR) is 103 cm³/mol. The summed E-state index contributed by atoms with van der Waals surface area (Å²) < 4.78 is 4.32. The molecule has 124 valence electrons. The number of benzene rings is 1. The van der Waals surface area contributed by atoms with Crippen molar-refractivity contribution in [1.29, 1.82) is 0 Å². The highest BCUT2D eigenvalue weighted by atomic mass is 79.9. The third-order valence-electron chi connectivity index (χ3n) is 4.40. The zero-order valence-electron chi connectivity index (χ0n) is 13.0. The number of likely N-dealkylation sites (tertiary alicyclic amines) is 1. The molecule has 0 radical (unpaired) electrons. The van der Waals surface area contributed by atoms with Crippen LogP contribution in [0.15, 0.2) is 40.2 Å². The van der Waals surface area contributed by atoms with Gasteiger partial charge in [0.15, 0.2) is 0 Å². The van der Waals surface area contributed by atoms with Gasteiger partial charge in [-0.15, -0.1) is 11.3 Å². The molecule has 0 aliphatic carbocycles. The fourth-order valence-electron chi connectivity index (χ4n) is 3.26. The maximum absolute atomic E-state index is 12.9. The molecule has 24 heavy (non-hydrogen) atoms. The number of hydrogen-bond acceptors (Lipinski definition) is 2. The Labute approximate surface area is 158 Å². The first-order valence-corrected chi connectivity index (χ1v) is 9.93. The number of hydrogen-bond donors (Lipinski definition) is 0. The molecule has 0 bridgehead atoms. The standard InChI is InChI=1S/C18H16BrClN2OS/c19-17-10-14-16(24-17)9-15(18(23)21-6-1-2-7-21)22(14)11-12-4-3-5-13(20)8-12/h3-5,8-10H,1-2,6-7,11H2. The van der Waals surface area contributed by atoms with Gasteiger partial charge in [0.1, 0.15) is 5.69 Å². The first-order valence-electron chi connectivity index (χ1n) is 7.94. The van der Waals surface area contributed by atoms with Gasteiger partial charge in [0.25, 0.3) is 5.91 Å². The van der Waals surface area contributed by atoms with Crippen molar-refractivity contribution >= 4 is 55.0 Å². The molecule has 3 heterocycles. The Bertz CT molecular complexity index is 911. The molecule has 2 aromatic heterocycles. The normalized spacial score (nSPS) is 14.7. The van der Waals surface area contributed by atoms with Crippen LogP contribution in [0.3, 0.4) is 0 Å². The lowest BCUT2D eigenvalue weighted by Crippen LogP contribution is -2.29. The summed E-state index contributed by atoms with van der Waals surface area (Å²) >= 11 is 11.3. The number of rotatable bonds is 3. The first-order chi connectivity index (χ1) is 11.6. The average Bonchev–Trinajstić information content (AvgIpc) is 3.25. The van der Waals surface area contributed by atoms with E-state index in [-0.39, 0.29) is 5.91 Å². The molecular formula is C18H16BrClN2OS. The topological polar surface area (TPSA) is 25.2 Å². The van der Waals surface area contributed by atoms with Gasteiger partial charge in [0.05, 0.1) is 14.0 Å². The highest BCUT2D eigenvalue weighted by Crippen LogP contribution is 2.33. The van der Waals surface area contributed by atoms with Crippen LogP contribution in [0.5, 0.6) is 0 Å². The number of halogens is 2. The van der Waals surface area contributed by atoms with Gasteiger partial charge in [0, 0.05) is 24.7 Å². The van der Waals surface area contributed by atoms with E-state index in [1.165, 1.54) is 0 Å². The number of nitrogens with zero attached hydrogens (tertiary/aromatic N) is 2. The second-order valence-corrected chi connectivity index (χ2v) is 8.94. The van der Waals surface area contributed by atoms with Crippen molar-refractivity contribution in [2.45, 2.75) is 19.4 Å². The van der Waals surface area contributed by atoms with Crippen LogP contribution in [0.25, 0.3) is 10.2 Å². The SMILES string of the molecule is O=C(c1cc2sc(Br)cc2n1Cc1cccc(Cl)c1)N1CCCC1. The second kappa shape index (κ2) is 6.54. The minimum Gasteiger partial charge on any atom is -0.337 e. The summed E-state index contributed by atoms with van der Waals surface area (Å²) in [4.78, 5) is 14.9. The molecule has 0 unspecified atom stereocenters. The lowest BCUT2D eigenvalue weighted by molar-refractivity contribution is 0.0783. The van der Waals surface area contributed by atoms with Crippen molar-refractivity contribution in [2.24, 2.45) is 0 Å². The van der Waals surface area contributed by atoms with Crippen molar-refractivity contribution in [3.8, 4) is 0 Å². The molecule has 1 amide bonds. The monoisotopic (exact) mass is 422 g/mol. The van der Waals surface area contributed by atoms with Crippen LogP contribution in [-0.2, 0) is 6.54 Å². The number of amides is 1. The molecule has 0 N–H and O–H groups in total. The minimum absolute atomic E-state index is 0.133. The lowest BCUT2D eigenvalue weighted by Gasteiger charge is -2.17. The molecule has 1 saturated heterocycles. The third kappa shape index (κ3) is 3.01. The molecule has 1 fully saturated rings. The summed E-state index contributed by atoms with van der Waals surface area (Å²) in [5.41, 5.74) is 2.96. The van der Waals surface area contributed by atoms with E-state index < -0.39 is 0 Å². The Morgan fingerprint density at radius 3 is 2.75 bits per heavy atom. The molecule has 4 rings (SSSR count). The van der Waals surface area contributed by atoms with Crippen molar-refractivity contribution in [2.75, 3.05) is 13.1 Å². The van der Waals surface area contributed by atoms with Gasteiger partial charge in [-0.2, -0.15) is 0 Å². The number of carbonyl (C=O) groups excluding carboxylic acids is 1. The molecular weight excluding hydrogens is 408 g/mol. The van der Waals surface area contributed by atoms with E-state index >= 15 is 0 Å². The zero-order chi connectivity index (χ0) is 16.7. The molecule has 0 saturated carbocycles. The van der Waals surface area contributed by atoms with Crippen LogP contribution < -0.4 is 0 Å². The smallest absolute Gasteiger partial charge is 0.270 e. The van der Waals surface area contributed by atoms with Crippen LogP contribution in [0.4, 0.5) is 0 Å². The average molecular weight is 424 g/mol. The second-order valence-electron chi connectivity index (χ2n) is 6.04. The summed E-state index contributed by atoms with van der Waals surface area (Å²) in [6.07, 6.45) is 2.20. The van der Waals surface area contributed by atoms with E-state index in [2.05, 4.69) is 26.6 Å². The van der Waals surface area contributed by atoms with Crippen LogP contribution in [0.1, 0.15) is 28.9 Å². The number of thiophene rings is 1. The number of aromatic nitrogens is 1. The summed E-state index contributed by atoms with van der Waals surface area (Å²) in [6, 6.07) is 11.9. The lowest BCUT2D eigenvalue weighted by atomic mass is 10.2. The predicted octanol–water partition coefficient (Wildman–Crippen LogP) is 5.40. The Morgan fingerprint density at radius 1 is 1.21 bits per heavy atom. The molecule has 3 nitrogen and oxygen atoms in total. The Balaban J connectivity index is 1.78. The fraction of sp³-hybridized carbons (Fsp3) is 0.278. The maximum atomic E-state index is 12.9. The van der Waals surface area contributed by atoms with Crippen LogP contribution in [0, 0.1) is 0 Å². The summed E-state index contributed by atoms with van der Waals surface area (Å²) in [5, 5.41) is 0.717. The Morgan fingerprint density at radius 2 is 2.00 bits per heavy atom. The van der Waals surface area contributed by atoms with Gasteiger partial charge in [0.2, 0.25) is 0 Å². The van der Waals surface area contributed by atoms with E-state index in [0.717, 1.165) is 56.2 Å². The molecule has 0 atom stereocenters. The Kier molecular flexibility index (Phi) is 4.41. The van der Waals surface area contributed by atoms with E-state index in [1.807, 2.05) is 35.2 Å². The van der Waals surface area contributed by atoms with Gasteiger partial charge < -0.3 is 9.47 Å². The number of fused-ring (bicyclic) bond motifs is 1. The molecule has 1 aliphatic heterocycles. The third-order valence-corrected chi connectivity index (χ3v) is 6.21. The van der Waals surface area contributed by atoms with E-state index in [0.29, 0.717) is 6.54 Å². The van der Waals surface area contributed by atoms with E-state index in [9.17, 15) is 4.79 Å². The molecule has 1 aliphatic rings. The van der Waals surface area contributed by atoms with Gasteiger partial charge in [-0.05, 0) is 58.6 Å². The molecule has 1 aromatic carbocycles. The van der Waals surface area contributed by atoms with Crippen molar-refractivity contribution in [1.82, 2.24) is 9.47 Å². The van der Waals surface area contributed by atoms with E-state index in [4.69, 9.17) is 11.6 Å². The van der Waals surface area contributed by atoms with Crippen molar-refractivity contribution < 1.29 is 4.79 Å². The van der Waals surface area contributed by atoms with Gasteiger partial charge in [-0.1, -0.05) is 23.7 Å². The van der Waals surface area contributed by atoms with Crippen LogP contribution in [0.2, 0.25) is 5.02 Å². The summed E-state index contributed by atoms with van der Waals surface area (Å²) in [6.45, 7) is 2.36. The fourth-order valence-corrected chi connectivity index (χ4v) is 5.04. The maximum Gasteiger partial charge on any atom is 0.270 e. The number of carbonyl (C=O) groups is 1. The molecule has 6 heteroatoms. The minimum atomic E-state index is 0.133. The first kappa shape index (κ1) is 16.2. The Hall–Kier alpha value is -1.30.